The van der Waals surface area contributed by atoms with Gasteiger partial charge in [0, 0.05) is 58.5 Å². The topological polar surface area (TPSA) is 242 Å². The Morgan fingerprint density at radius 1 is 0.878 bits per heavy atom. The Kier molecular flexibility index (Phi) is 24.5. The molecule has 3 fully saturated rings. The van der Waals surface area contributed by atoms with Crippen molar-refractivity contribution in [2.24, 2.45) is 40.9 Å². The van der Waals surface area contributed by atoms with E-state index in [-0.39, 0.29) is 42.8 Å². The van der Waals surface area contributed by atoms with Gasteiger partial charge in [0.25, 0.3) is 11.7 Å². The highest BCUT2D eigenvalue weighted by Gasteiger charge is 2.53. The zero-order valence-electron chi connectivity index (χ0n) is 46.0. The van der Waals surface area contributed by atoms with Crippen LogP contribution in [0.4, 0.5) is 0 Å². The van der Waals surface area contributed by atoms with Crippen LogP contribution in [0.5, 0.6) is 0 Å². The normalized spacial score (nSPS) is 35.5. The van der Waals surface area contributed by atoms with Crippen LogP contribution < -0.4 is 0 Å². The predicted octanol–water partition coefficient (Wildman–Crippen LogP) is 6.11. The van der Waals surface area contributed by atoms with Crippen LogP contribution in [-0.2, 0) is 57.2 Å². The number of fused-ring (bicyclic) bond motifs is 3. The first-order valence-corrected chi connectivity index (χ1v) is 26.9. The quantitative estimate of drug-likeness (QED) is 0.104. The number of carbonyl (C=O) groups is 6. The van der Waals surface area contributed by atoms with Crippen molar-refractivity contribution < 1.29 is 77.6 Å². The summed E-state index contributed by atoms with van der Waals surface area (Å²) >= 11 is 0. The van der Waals surface area contributed by atoms with Gasteiger partial charge in [-0.2, -0.15) is 0 Å². The second-order valence-electron chi connectivity index (χ2n) is 22.0. The fourth-order valence-corrected chi connectivity index (χ4v) is 10.9. The van der Waals surface area contributed by atoms with Gasteiger partial charge in [-0.05, 0) is 120 Å². The fraction of sp³-hybridized carbons (Fsp3) is 0.754. The van der Waals surface area contributed by atoms with Gasteiger partial charge >= 0.3 is 11.9 Å². The molecule has 2 bridgehead atoms. The van der Waals surface area contributed by atoms with Crippen molar-refractivity contribution in [1.82, 2.24) is 4.90 Å². The Bertz CT molecular complexity index is 2030. The summed E-state index contributed by atoms with van der Waals surface area (Å²) in [5.41, 5.74) is -0.270. The molecule has 0 aromatic heterocycles. The smallest absolute Gasteiger partial charge is 0.329 e. The van der Waals surface area contributed by atoms with Crippen molar-refractivity contribution in [3.8, 4) is 0 Å². The molecule has 0 aromatic carbocycles. The van der Waals surface area contributed by atoms with Gasteiger partial charge in [-0.25, -0.2) is 4.79 Å². The van der Waals surface area contributed by atoms with E-state index in [1.54, 1.807) is 34.0 Å². The molecular weight excluding hydrogens is 955 g/mol. The third kappa shape index (κ3) is 16.1. The molecule has 4 rings (SSSR count). The lowest BCUT2D eigenvalue weighted by molar-refractivity contribution is -0.265. The minimum absolute atomic E-state index is 0.0389. The van der Waals surface area contributed by atoms with Gasteiger partial charge in [0.2, 0.25) is 5.79 Å². The van der Waals surface area contributed by atoms with Crippen molar-refractivity contribution in [3.63, 3.8) is 0 Å². The average Bonchev–Trinajstić information content (AvgIpc) is 3.39. The summed E-state index contributed by atoms with van der Waals surface area (Å²) in [7, 11) is 4.44. The van der Waals surface area contributed by atoms with Gasteiger partial charge in [0.1, 0.15) is 41.7 Å². The van der Waals surface area contributed by atoms with E-state index >= 15 is 0 Å². The first kappa shape index (κ1) is 62.6. The second-order valence-corrected chi connectivity index (χ2v) is 22.0. The summed E-state index contributed by atoms with van der Waals surface area (Å²) < 4.78 is 35.5. The molecule has 1 saturated carbocycles. The molecule has 0 radical (unpaired) electrons. The van der Waals surface area contributed by atoms with E-state index < -0.39 is 120 Å². The molecule has 3 aliphatic heterocycles. The number of hydrogen-bond acceptors (Lipinski definition) is 16. The molecule has 1 aliphatic carbocycles. The van der Waals surface area contributed by atoms with E-state index in [0.29, 0.717) is 69.8 Å². The van der Waals surface area contributed by atoms with Crippen LogP contribution in [0.25, 0.3) is 0 Å². The number of methoxy groups -OCH3 is 3. The maximum absolute atomic E-state index is 14.6. The van der Waals surface area contributed by atoms with Crippen LogP contribution >= 0.6 is 0 Å². The highest BCUT2D eigenvalue weighted by molar-refractivity contribution is 6.39. The number of rotatable bonds is 11. The lowest BCUT2D eigenvalue weighted by atomic mass is 9.78. The van der Waals surface area contributed by atoms with Gasteiger partial charge < -0.3 is 53.7 Å². The Hall–Kier alpha value is -3.94. The van der Waals surface area contributed by atoms with E-state index in [2.05, 4.69) is 0 Å². The van der Waals surface area contributed by atoms with Crippen LogP contribution in [-0.4, -0.2) is 156 Å². The Balaban J connectivity index is 1.70. The molecule has 4 aliphatic rings. The zero-order valence-corrected chi connectivity index (χ0v) is 46.0. The van der Waals surface area contributed by atoms with Crippen molar-refractivity contribution in [2.75, 3.05) is 41.1 Å². The van der Waals surface area contributed by atoms with E-state index in [1.807, 2.05) is 58.1 Å². The molecule has 74 heavy (non-hydrogen) atoms. The standard InChI is InChI=1S/C57H89NO16/c1-12-40-19-15-13-14-18-34(2)46(69-9)30-42-23-21-39(7)57(68,74-42)52(64)53(65)58-25-17-16-20-43(58)54(66)72-47(31-44(61)35(3)26-37(5)49(62)51(71-11)50(63)38(6)28-40)36(4)27-41-22-24-45(48(29-41)70-10)73-55(67)56(8,32-59)33-60/h13-15,18-19,26,35-36,38-43,45-49,51,59-60,62,68H,12,16-17,20-25,27-33H2,1-11H3/b14-13?,19-15?,34-18?,37-26-/t35-,36-,38-,39-,40-,41+,42+,43+,45-,46+,47+,48-,49-,51-,57-/m1/s1. The van der Waals surface area contributed by atoms with Crippen LogP contribution in [0.1, 0.15) is 139 Å². The number of ether oxygens (including phenoxy) is 6. The van der Waals surface area contributed by atoms with Crippen LogP contribution in [0, 0.1) is 40.9 Å². The molecule has 17 heteroatoms. The number of piperidine rings is 1. The second kappa shape index (κ2) is 29.0. The van der Waals surface area contributed by atoms with Crippen molar-refractivity contribution in [1.29, 1.82) is 0 Å². The summed E-state index contributed by atoms with van der Waals surface area (Å²) in [6, 6.07) is -1.20. The molecule has 17 nitrogen and oxygen atoms in total. The maximum Gasteiger partial charge on any atom is 0.329 e. The average molecular weight is 1040 g/mol. The van der Waals surface area contributed by atoms with Gasteiger partial charge in [0.15, 0.2) is 5.78 Å². The number of carbonyl (C=O) groups excluding carboxylic acids is 6. The van der Waals surface area contributed by atoms with E-state index in [9.17, 15) is 49.2 Å². The monoisotopic (exact) mass is 1040 g/mol. The molecule has 3 heterocycles. The first-order valence-electron chi connectivity index (χ1n) is 26.9. The predicted molar refractivity (Wildman–Crippen MR) is 276 cm³/mol. The van der Waals surface area contributed by atoms with E-state index in [0.717, 1.165) is 16.9 Å². The minimum atomic E-state index is -2.47. The van der Waals surface area contributed by atoms with Crippen molar-refractivity contribution in [3.05, 3.63) is 47.6 Å². The SMILES string of the molecule is CC[C@@H]1C=CC=CC=C(C)[C@@H](OC)C[C@@H]2CC[C@@H](C)[C@@](O)(O2)C(=O)C(=O)N2CCCC[C@H]2C(=O)O[C@H]([C@H](C)C[C@@H]2CC[C@@H](OC(=O)C(C)(CO)CO)[C@H](OC)C2)CC(=O)[C@H](C)/C=C(/C)[C@@H](O)[C@@H](OC)C(=O)[C@H](C)C1. The van der Waals surface area contributed by atoms with Gasteiger partial charge in [0.05, 0.1) is 31.5 Å². The van der Waals surface area contributed by atoms with Crippen molar-refractivity contribution >= 4 is 35.2 Å². The van der Waals surface area contributed by atoms with Gasteiger partial charge in [-0.15, -0.1) is 0 Å². The molecule has 15 atom stereocenters. The van der Waals surface area contributed by atoms with E-state index in [4.69, 9.17) is 28.4 Å². The molecule has 0 aromatic rings. The third-order valence-corrected chi connectivity index (χ3v) is 16.3. The maximum atomic E-state index is 14.6. The van der Waals surface area contributed by atoms with E-state index in [1.165, 1.54) is 21.1 Å². The number of esters is 2. The molecule has 2 saturated heterocycles. The summed E-state index contributed by atoms with van der Waals surface area (Å²) in [5.74, 6) is -9.30. The number of Topliss-reactive ketones (excluding diaryl/α,β-unsaturated/α-hetero) is 3. The third-order valence-electron chi connectivity index (χ3n) is 16.3. The number of aliphatic hydroxyl groups excluding tert-OH is 3. The number of ketones is 3. The first-order chi connectivity index (χ1) is 35.0. The number of aliphatic hydroxyl groups is 4. The number of allylic oxidation sites excluding steroid dienone is 6. The number of amides is 1. The number of cyclic esters (lactones) is 1. The zero-order chi connectivity index (χ0) is 55.1. The lowest BCUT2D eigenvalue weighted by Crippen LogP contribution is -2.61. The summed E-state index contributed by atoms with van der Waals surface area (Å²) in [6.45, 7) is 12.8. The Morgan fingerprint density at radius 3 is 2.22 bits per heavy atom. The number of nitrogens with zero attached hydrogens (tertiary/aromatic N) is 1. The molecule has 4 N–H and O–H groups in total. The van der Waals surface area contributed by atoms with Gasteiger partial charge in [-0.1, -0.05) is 71.1 Å². The lowest BCUT2D eigenvalue weighted by Gasteiger charge is -2.42. The largest absolute Gasteiger partial charge is 0.460 e. The fourth-order valence-electron chi connectivity index (χ4n) is 10.9. The molecular formula is C57H89NO16. The minimum Gasteiger partial charge on any atom is -0.460 e. The van der Waals surface area contributed by atoms with Crippen LogP contribution in [0.3, 0.4) is 0 Å². The van der Waals surface area contributed by atoms with Crippen LogP contribution in [0.2, 0.25) is 0 Å². The van der Waals surface area contributed by atoms with Gasteiger partial charge in [-0.3, -0.25) is 24.0 Å². The highest BCUT2D eigenvalue weighted by Crippen LogP contribution is 2.38. The molecule has 0 spiro atoms. The summed E-state index contributed by atoms with van der Waals surface area (Å²) in [5, 5.41) is 43.2. The molecule has 418 valence electrons. The number of hydrogen-bond donors (Lipinski definition) is 4. The van der Waals surface area contributed by atoms with Crippen LogP contribution in [0.15, 0.2) is 47.6 Å². The Morgan fingerprint density at radius 2 is 1.58 bits per heavy atom. The summed E-state index contributed by atoms with van der Waals surface area (Å²) in [4.78, 5) is 85.6. The molecule has 1 amide bonds. The highest BCUT2D eigenvalue weighted by atomic mass is 16.6. The van der Waals surface area contributed by atoms with Crippen molar-refractivity contribution in [2.45, 2.75) is 193 Å². The summed E-state index contributed by atoms with van der Waals surface area (Å²) in [6.07, 6.45) is 10.7. The Labute approximate surface area is 439 Å². The molecule has 0 unspecified atom stereocenters.